The van der Waals surface area contributed by atoms with E-state index in [1.165, 1.54) is 23.1 Å². The summed E-state index contributed by atoms with van der Waals surface area (Å²) in [5.41, 5.74) is 0.615. The Hall–Kier alpha value is -1.92. The molecule has 2 aromatic heterocycles. The fourth-order valence-corrected chi connectivity index (χ4v) is 4.17. The van der Waals surface area contributed by atoms with E-state index in [4.69, 9.17) is 0 Å². The number of Topliss-reactive ketones (excluding diaryl/α,β-unsaturated/α-hetero) is 1. The summed E-state index contributed by atoms with van der Waals surface area (Å²) < 4.78 is 1.62. The molecule has 0 aliphatic carbocycles. The number of aryl methyl sites for hydroxylation is 1. The van der Waals surface area contributed by atoms with Gasteiger partial charge in [-0.3, -0.25) is 14.2 Å². The highest BCUT2D eigenvalue weighted by Gasteiger charge is 2.14. The van der Waals surface area contributed by atoms with Gasteiger partial charge in [-0.25, -0.2) is 4.98 Å². The largest absolute Gasteiger partial charge is 0.292 e. The number of benzene rings is 1. The van der Waals surface area contributed by atoms with Crippen LogP contribution in [-0.4, -0.2) is 21.1 Å². The number of hydrogen-bond donors (Lipinski definition) is 0. The Balaban J connectivity index is 1.90. The van der Waals surface area contributed by atoms with Crippen LogP contribution in [0.25, 0.3) is 10.9 Å². The van der Waals surface area contributed by atoms with E-state index in [0.717, 1.165) is 9.75 Å². The molecule has 0 atom stereocenters. The first kappa shape index (κ1) is 16.0. The molecule has 0 N–H and O–H groups in total. The maximum Gasteiger partial charge on any atom is 0.262 e. The Morgan fingerprint density at radius 1 is 1.26 bits per heavy atom. The lowest BCUT2D eigenvalue weighted by atomic mass is 10.2. The lowest BCUT2D eigenvalue weighted by molar-refractivity contribution is 0.102. The lowest BCUT2D eigenvalue weighted by Crippen LogP contribution is -2.22. The second-order valence-corrected chi connectivity index (χ2v) is 7.31. The van der Waals surface area contributed by atoms with Crippen molar-refractivity contribution in [2.45, 2.75) is 25.5 Å². The lowest BCUT2D eigenvalue weighted by Gasteiger charge is -2.10. The molecule has 0 radical (unpaired) electrons. The number of hydrogen-bond acceptors (Lipinski definition) is 5. The first-order valence-electron chi connectivity index (χ1n) is 7.32. The van der Waals surface area contributed by atoms with Crippen LogP contribution in [0.1, 0.15) is 21.5 Å². The summed E-state index contributed by atoms with van der Waals surface area (Å²) in [7, 11) is 0. The number of ketones is 1. The molecule has 118 valence electrons. The van der Waals surface area contributed by atoms with Crippen molar-refractivity contribution in [2.75, 3.05) is 5.75 Å². The molecule has 3 aromatic rings. The van der Waals surface area contributed by atoms with Crippen molar-refractivity contribution in [2.24, 2.45) is 0 Å². The second-order valence-electron chi connectivity index (χ2n) is 5.08. The summed E-state index contributed by atoms with van der Waals surface area (Å²) in [5.74, 6) is 0.350. The second kappa shape index (κ2) is 6.68. The van der Waals surface area contributed by atoms with E-state index in [0.29, 0.717) is 22.6 Å². The molecule has 1 aromatic carbocycles. The van der Waals surface area contributed by atoms with Gasteiger partial charge < -0.3 is 0 Å². The molecule has 0 fully saturated rings. The minimum Gasteiger partial charge on any atom is -0.292 e. The van der Waals surface area contributed by atoms with Crippen molar-refractivity contribution in [1.82, 2.24) is 9.55 Å². The maximum atomic E-state index is 12.5. The van der Waals surface area contributed by atoms with Gasteiger partial charge in [-0.1, -0.05) is 23.9 Å². The van der Waals surface area contributed by atoms with Gasteiger partial charge in [0.1, 0.15) is 0 Å². The standard InChI is InChI=1S/C17H16N2O2S2/c1-3-19-16(21)12-6-4-5-7-13(12)18-17(19)22-10-14(20)15-9-8-11(2)23-15/h4-9H,3,10H2,1-2H3. The van der Waals surface area contributed by atoms with Gasteiger partial charge in [-0.2, -0.15) is 0 Å². The molecule has 3 rings (SSSR count). The van der Waals surface area contributed by atoms with Crippen LogP contribution in [0.15, 0.2) is 46.3 Å². The molecule has 0 aliphatic heterocycles. The monoisotopic (exact) mass is 344 g/mol. The van der Waals surface area contributed by atoms with Gasteiger partial charge in [0.05, 0.1) is 21.5 Å². The molecular weight excluding hydrogens is 328 g/mol. The molecule has 4 nitrogen and oxygen atoms in total. The average molecular weight is 344 g/mol. The van der Waals surface area contributed by atoms with E-state index >= 15 is 0 Å². The van der Waals surface area contributed by atoms with E-state index in [1.54, 1.807) is 10.6 Å². The van der Waals surface area contributed by atoms with E-state index in [9.17, 15) is 9.59 Å². The van der Waals surface area contributed by atoms with E-state index in [2.05, 4.69) is 4.98 Å². The highest BCUT2D eigenvalue weighted by atomic mass is 32.2. The highest BCUT2D eigenvalue weighted by molar-refractivity contribution is 7.99. The van der Waals surface area contributed by atoms with Crippen LogP contribution in [-0.2, 0) is 6.54 Å². The minimum absolute atomic E-state index is 0.0555. The number of nitrogens with zero attached hydrogens (tertiary/aromatic N) is 2. The minimum atomic E-state index is -0.0555. The zero-order chi connectivity index (χ0) is 16.4. The van der Waals surface area contributed by atoms with Crippen LogP contribution in [0.3, 0.4) is 0 Å². The summed E-state index contributed by atoms with van der Waals surface area (Å²) in [5, 5.41) is 1.21. The summed E-state index contributed by atoms with van der Waals surface area (Å²) in [4.78, 5) is 31.2. The predicted molar refractivity (Wildman–Crippen MR) is 95.8 cm³/mol. The molecule has 0 aliphatic rings. The normalized spacial score (nSPS) is 11.0. The van der Waals surface area contributed by atoms with Gasteiger partial charge in [0.15, 0.2) is 10.9 Å². The fourth-order valence-electron chi connectivity index (χ4n) is 2.32. The number of thiophene rings is 1. The Labute approximate surface area is 142 Å². The fraction of sp³-hybridized carbons (Fsp3) is 0.235. The topological polar surface area (TPSA) is 52.0 Å². The third kappa shape index (κ3) is 3.23. The maximum absolute atomic E-state index is 12.5. The quantitative estimate of drug-likeness (QED) is 0.402. The van der Waals surface area contributed by atoms with Crippen molar-refractivity contribution in [3.05, 3.63) is 56.5 Å². The van der Waals surface area contributed by atoms with Gasteiger partial charge in [-0.15, -0.1) is 11.3 Å². The summed E-state index contributed by atoms with van der Waals surface area (Å²) in [6, 6.07) is 11.1. The Kier molecular flexibility index (Phi) is 4.63. The number of fused-ring (bicyclic) bond motifs is 1. The molecule has 2 heterocycles. The van der Waals surface area contributed by atoms with Crippen LogP contribution < -0.4 is 5.56 Å². The third-order valence-corrected chi connectivity index (χ3v) is 5.51. The Morgan fingerprint density at radius 2 is 2.04 bits per heavy atom. The van der Waals surface area contributed by atoms with E-state index in [-0.39, 0.29) is 17.1 Å². The number of para-hydroxylation sites is 1. The van der Waals surface area contributed by atoms with Crippen LogP contribution in [0.5, 0.6) is 0 Å². The third-order valence-electron chi connectivity index (χ3n) is 3.49. The molecular formula is C17H16N2O2S2. The van der Waals surface area contributed by atoms with Crippen LogP contribution in [0, 0.1) is 6.92 Å². The smallest absolute Gasteiger partial charge is 0.262 e. The Bertz CT molecular complexity index is 928. The highest BCUT2D eigenvalue weighted by Crippen LogP contribution is 2.22. The van der Waals surface area contributed by atoms with Crippen LogP contribution in [0.4, 0.5) is 0 Å². The number of rotatable bonds is 5. The molecule has 0 saturated heterocycles. The first-order valence-corrected chi connectivity index (χ1v) is 9.12. The number of thioether (sulfide) groups is 1. The molecule has 0 spiro atoms. The SMILES string of the molecule is CCn1c(SCC(=O)c2ccc(C)s2)nc2ccccc2c1=O. The zero-order valence-electron chi connectivity index (χ0n) is 12.9. The molecule has 23 heavy (non-hydrogen) atoms. The Morgan fingerprint density at radius 3 is 2.74 bits per heavy atom. The van der Waals surface area contributed by atoms with Crippen molar-refractivity contribution in [3.63, 3.8) is 0 Å². The van der Waals surface area contributed by atoms with E-state index in [1.807, 2.05) is 44.2 Å². The van der Waals surface area contributed by atoms with Crippen molar-refractivity contribution in [1.29, 1.82) is 0 Å². The average Bonchev–Trinajstić information content (AvgIpc) is 2.99. The van der Waals surface area contributed by atoms with Gasteiger partial charge >= 0.3 is 0 Å². The summed E-state index contributed by atoms with van der Waals surface area (Å²) >= 11 is 2.82. The van der Waals surface area contributed by atoms with Crippen molar-refractivity contribution < 1.29 is 4.79 Å². The molecule has 0 bridgehead atoms. The number of carbonyl (C=O) groups is 1. The molecule has 0 unspecified atom stereocenters. The van der Waals surface area contributed by atoms with Crippen molar-refractivity contribution >= 4 is 39.8 Å². The number of carbonyl (C=O) groups excluding carboxylic acids is 1. The predicted octanol–water partition coefficient (Wildman–Crippen LogP) is 3.76. The molecule has 0 saturated carbocycles. The summed E-state index contributed by atoms with van der Waals surface area (Å²) in [6.45, 7) is 4.42. The van der Waals surface area contributed by atoms with Gasteiger partial charge in [0.25, 0.3) is 5.56 Å². The number of aromatic nitrogens is 2. The molecule has 0 amide bonds. The van der Waals surface area contributed by atoms with Gasteiger partial charge in [0, 0.05) is 11.4 Å². The zero-order valence-corrected chi connectivity index (χ0v) is 14.5. The summed E-state index contributed by atoms with van der Waals surface area (Å²) in [6.07, 6.45) is 0. The first-order chi connectivity index (χ1) is 11.1. The van der Waals surface area contributed by atoms with Gasteiger partial charge in [0.2, 0.25) is 0 Å². The van der Waals surface area contributed by atoms with Crippen molar-refractivity contribution in [3.8, 4) is 0 Å². The molecule has 6 heteroatoms. The van der Waals surface area contributed by atoms with Gasteiger partial charge in [-0.05, 0) is 38.1 Å². The van der Waals surface area contributed by atoms with E-state index < -0.39 is 0 Å². The van der Waals surface area contributed by atoms with Crippen LogP contribution >= 0.6 is 23.1 Å². The van der Waals surface area contributed by atoms with Crippen LogP contribution in [0.2, 0.25) is 0 Å².